The minimum Gasteiger partial charge on any atom is -0.482 e. The number of benzene rings is 1. The molecule has 2 fully saturated rings. The van der Waals surface area contributed by atoms with Crippen LogP contribution in [0.1, 0.15) is 44.9 Å². The minimum atomic E-state index is -3.69. The van der Waals surface area contributed by atoms with E-state index in [1.54, 1.807) is 6.07 Å². The lowest BCUT2D eigenvalue weighted by molar-refractivity contribution is -0.127. The smallest absolute Gasteiger partial charge is 0.262 e. The molecule has 29 heavy (non-hydrogen) atoms. The second-order valence-corrected chi connectivity index (χ2v) is 9.95. The van der Waals surface area contributed by atoms with E-state index in [1.807, 2.05) is 0 Å². The van der Waals surface area contributed by atoms with Crippen molar-refractivity contribution in [2.45, 2.75) is 55.9 Å². The van der Waals surface area contributed by atoms with Crippen LogP contribution < -0.4 is 15.4 Å². The molecule has 0 atom stereocenters. The Morgan fingerprint density at radius 2 is 1.83 bits per heavy atom. The van der Waals surface area contributed by atoms with Crippen molar-refractivity contribution in [3.63, 3.8) is 0 Å². The molecule has 2 aliphatic heterocycles. The maximum atomic E-state index is 13.0. The molecule has 0 aromatic heterocycles. The molecule has 0 unspecified atom stereocenters. The molecule has 0 bridgehead atoms. The number of carbonyl (C=O) groups excluding carboxylic acids is 2. The SMILES string of the molecule is O=C1COc2ccc(S(=O)(=O)N3CCC(C(=O)NC4CCCCC4)CC3)cc2N1. The van der Waals surface area contributed by atoms with E-state index in [9.17, 15) is 18.0 Å². The van der Waals surface area contributed by atoms with Gasteiger partial charge in [0.15, 0.2) is 6.61 Å². The molecular weight excluding hydrogens is 394 g/mol. The second-order valence-electron chi connectivity index (χ2n) is 8.02. The first kappa shape index (κ1) is 20.2. The number of rotatable bonds is 4. The van der Waals surface area contributed by atoms with Crippen LogP contribution in [0.2, 0.25) is 0 Å². The van der Waals surface area contributed by atoms with E-state index < -0.39 is 10.0 Å². The summed E-state index contributed by atoms with van der Waals surface area (Å²) in [7, 11) is -3.69. The number of amides is 2. The molecule has 1 aliphatic carbocycles. The molecular formula is C20H27N3O5S. The van der Waals surface area contributed by atoms with Gasteiger partial charge < -0.3 is 15.4 Å². The van der Waals surface area contributed by atoms with E-state index in [1.165, 1.54) is 22.9 Å². The van der Waals surface area contributed by atoms with Gasteiger partial charge in [-0.1, -0.05) is 19.3 Å². The Morgan fingerprint density at radius 3 is 2.55 bits per heavy atom. The zero-order chi connectivity index (χ0) is 20.4. The predicted molar refractivity (Wildman–Crippen MR) is 107 cm³/mol. The third-order valence-corrected chi connectivity index (χ3v) is 7.89. The number of ether oxygens (including phenoxy) is 1. The quantitative estimate of drug-likeness (QED) is 0.772. The third kappa shape index (κ3) is 4.40. The van der Waals surface area contributed by atoms with Gasteiger partial charge in [-0.25, -0.2) is 8.42 Å². The molecule has 0 radical (unpaired) electrons. The van der Waals surface area contributed by atoms with Crippen LogP contribution in [-0.2, 0) is 19.6 Å². The number of anilines is 1. The number of sulfonamides is 1. The number of hydrogen-bond acceptors (Lipinski definition) is 5. The van der Waals surface area contributed by atoms with Gasteiger partial charge in [0.25, 0.3) is 5.91 Å². The Labute approximate surface area is 171 Å². The number of nitrogens with one attached hydrogen (secondary N) is 2. The highest BCUT2D eigenvalue weighted by Gasteiger charge is 2.33. The molecule has 1 saturated heterocycles. The average Bonchev–Trinajstić information content (AvgIpc) is 2.74. The van der Waals surface area contributed by atoms with Gasteiger partial charge in [-0.15, -0.1) is 0 Å². The van der Waals surface area contributed by atoms with E-state index >= 15 is 0 Å². The lowest BCUT2D eigenvalue weighted by Crippen LogP contribution is -2.45. The molecule has 3 aliphatic rings. The molecule has 0 spiro atoms. The van der Waals surface area contributed by atoms with Gasteiger partial charge in [0.2, 0.25) is 15.9 Å². The van der Waals surface area contributed by atoms with Crippen LogP contribution in [0.5, 0.6) is 5.75 Å². The fourth-order valence-corrected chi connectivity index (χ4v) is 5.79. The van der Waals surface area contributed by atoms with Crippen LogP contribution in [0.25, 0.3) is 0 Å². The summed E-state index contributed by atoms with van der Waals surface area (Å²) in [4.78, 5) is 24.2. The monoisotopic (exact) mass is 421 g/mol. The molecule has 8 nitrogen and oxygen atoms in total. The van der Waals surface area contributed by atoms with Crippen LogP contribution in [0.4, 0.5) is 5.69 Å². The molecule has 4 rings (SSSR count). The molecule has 1 saturated carbocycles. The molecule has 158 valence electrons. The van der Waals surface area contributed by atoms with Gasteiger partial charge >= 0.3 is 0 Å². The normalized spacial score (nSPS) is 21.7. The van der Waals surface area contributed by atoms with Gasteiger partial charge in [-0.05, 0) is 43.9 Å². The van der Waals surface area contributed by atoms with Crippen molar-refractivity contribution in [1.82, 2.24) is 9.62 Å². The Morgan fingerprint density at radius 1 is 1.10 bits per heavy atom. The maximum Gasteiger partial charge on any atom is 0.262 e. The van der Waals surface area contributed by atoms with Gasteiger partial charge in [0.05, 0.1) is 10.6 Å². The summed E-state index contributed by atoms with van der Waals surface area (Å²) in [6.45, 7) is 0.547. The maximum absolute atomic E-state index is 13.0. The first-order valence-corrected chi connectivity index (χ1v) is 11.7. The van der Waals surface area contributed by atoms with E-state index in [4.69, 9.17) is 4.74 Å². The summed E-state index contributed by atoms with van der Waals surface area (Å²) < 4.78 is 32.7. The summed E-state index contributed by atoms with van der Waals surface area (Å²) in [5, 5.41) is 5.79. The van der Waals surface area contributed by atoms with Crippen molar-refractivity contribution in [3.05, 3.63) is 18.2 Å². The molecule has 2 N–H and O–H groups in total. The van der Waals surface area contributed by atoms with Crippen molar-refractivity contribution >= 4 is 27.5 Å². The predicted octanol–water partition coefficient (Wildman–Crippen LogP) is 1.87. The highest BCUT2D eigenvalue weighted by molar-refractivity contribution is 7.89. The number of piperidine rings is 1. The molecule has 2 heterocycles. The van der Waals surface area contributed by atoms with Gasteiger partial charge in [0, 0.05) is 25.0 Å². The lowest BCUT2D eigenvalue weighted by Gasteiger charge is -2.32. The highest BCUT2D eigenvalue weighted by atomic mass is 32.2. The van der Waals surface area contributed by atoms with Crippen molar-refractivity contribution in [3.8, 4) is 5.75 Å². The zero-order valence-electron chi connectivity index (χ0n) is 16.4. The lowest BCUT2D eigenvalue weighted by atomic mass is 9.93. The molecule has 1 aromatic carbocycles. The average molecular weight is 422 g/mol. The Kier molecular flexibility index (Phi) is 5.78. The van der Waals surface area contributed by atoms with Crippen LogP contribution in [0, 0.1) is 5.92 Å². The fourth-order valence-electron chi connectivity index (χ4n) is 4.30. The highest BCUT2D eigenvalue weighted by Crippen LogP contribution is 2.32. The number of nitrogens with zero attached hydrogens (tertiary/aromatic N) is 1. The number of fused-ring (bicyclic) bond motifs is 1. The Balaban J connectivity index is 1.38. The van der Waals surface area contributed by atoms with Crippen LogP contribution >= 0.6 is 0 Å². The zero-order valence-corrected chi connectivity index (χ0v) is 17.2. The molecule has 9 heteroatoms. The van der Waals surface area contributed by atoms with Crippen LogP contribution in [-0.4, -0.2) is 50.3 Å². The van der Waals surface area contributed by atoms with Crippen molar-refractivity contribution in [2.24, 2.45) is 5.92 Å². The van der Waals surface area contributed by atoms with E-state index in [0.717, 1.165) is 25.7 Å². The Hall–Kier alpha value is -2.13. The number of hydrogen-bond donors (Lipinski definition) is 2. The third-order valence-electron chi connectivity index (χ3n) is 6.00. The fraction of sp³-hybridized carbons (Fsp3) is 0.600. The first-order valence-electron chi connectivity index (χ1n) is 10.3. The summed E-state index contributed by atoms with van der Waals surface area (Å²) in [6.07, 6.45) is 6.67. The minimum absolute atomic E-state index is 0.0580. The first-order chi connectivity index (χ1) is 13.9. The van der Waals surface area contributed by atoms with Gasteiger partial charge in [0.1, 0.15) is 5.75 Å². The summed E-state index contributed by atoms with van der Waals surface area (Å²) in [6, 6.07) is 4.76. The van der Waals surface area contributed by atoms with Crippen molar-refractivity contribution < 1.29 is 22.7 Å². The Bertz CT molecular complexity index is 887. The van der Waals surface area contributed by atoms with Gasteiger partial charge in [-0.3, -0.25) is 9.59 Å². The van der Waals surface area contributed by atoms with E-state index in [2.05, 4.69) is 10.6 Å². The van der Waals surface area contributed by atoms with Crippen molar-refractivity contribution in [1.29, 1.82) is 0 Å². The van der Waals surface area contributed by atoms with Crippen molar-refractivity contribution in [2.75, 3.05) is 25.0 Å². The van der Waals surface area contributed by atoms with Crippen LogP contribution in [0.3, 0.4) is 0 Å². The second kappa shape index (κ2) is 8.31. The molecule has 2 amide bonds. The van der Waals surface area contributed by atoms with Crippen LogP contribution in [0.15, 0.2) is 23.1 Å². The largest absolute Gasteiger partial charge is 0.482 e. The van der Waals surface area contributed by atoms with E-state index in [-0.39, 0.29) is 35.3 Å². The standard InChI is InChI=1S/C20H27N3O5S/c24-19-13-28-18-7-6-16(12-17(18)22-19)29(26,27)23-10-8-14(9-11-23)20(25)21-15-4-2-1-3-5-15/h6-7,12,14-15H,1-5,8-11,13H2,(H,21,25)(H,22,24). The summed E-state index contributed by atoms with van der Waals surface area (Å²) in [5.74, 6) is 0.0701. The summed E-state index contributed by atoms with van der Waals surface area (Å²) in [5.41, 5.74) is 0.365. The summed E-state index contributed by atoms with van der Waals surface area (Å²) >= 11 is 0. The number of carbonyl (C=O) groups is 2. The topological polar surface area (TPSA) is 105 Å². The molecule has 1 aromatic rings. The van der Waals surface area contributed by atoms with Gasteiger partial charge in [-0.2, -0.15) is 4.31 Å². The van der Waals surface area contributed by atoms with E-state index in [0.29, 0.717) is 37.4 Å².